The van der Waals surface area contributed by atoms with Gasteiger partial charge in [0.15, 0.2) is 0 Å². The van der Waals surface area contributed by atoms with E-state index in [2.05, 4.69) is 15.9 Å². The number of H-pyrrole nitrogens is 1. The fourth-order valence-corrected chi connectivity index (χ4v) is 2.92. The second-order valence-corrected chi connectivity index (χ2v) is 7.06. The SMILES string of the molecule is COc1c(C(C)(C)C)cc(-n2cc(F)c(=O)[nH]c2=O)c(C)c1Br. The molecule has 1 aromatic heterocycles. The maximum atomic E-state index is 13.6. The van der Waals surface area contributed by atoms with Gasteiger partial charge in [0.25, 0.3) is 5.56 Å². The Morgan fingerprint density at radius 1 is 1.30 bits per heavy atom. The summed E-state index contributed by atoms with van der Waals surface area (Å²) < 4.78 is 20.9. The van der Waals surface area contributed by atoms with Crippen molar-refractivity contribution >= 4 is 15.9 Å². The van der Waals surface area contributed by atoms with Gasteiger partial charge in [0.05, 0.1) is 23.5 Å². The van der Waals surface area contributed by atoms with Crippen LogP contribution >= 0.6 is 15.9 Å². The predicted octanol–water partition coefficient (Wildman–Crippen LogP) is 3.04. The monoisotopic (exact) mass is 384 g/mol. The molecule has 0 radical (unpaired) electrons. The molecule has 1 aromatic carbocycles. The van der Waals surface area contributed by atoms with Crippen LogP contribution in [0.5, 0.6) is 5.75 Å². The molecule has 0 saturated heterocycles. The van der Waals surface area contributed by atoms with E-state index >= 15 is 0 Å². The lowest BCUT2D eigenvalue weighted by atomic mass is 9.85. The van der Waals surface area contributed by atoms with Gasteiger partial charge in [0.2, 0.25) is 5.82 Å². The van der Waals surface area contributed by atoms with Gasteiger partial charge in [0, 0.05) is 5.56 Å². The first-order chi connectivity index (χ1) is 10.6. The van der Waals surface area contributed by atoms with Gasteiger partial charge in [-0.25, -0.2) is 4.79 Å². The number of aromatic nitrogens is 2. The number of ether oxygens (including phenoxy) is 1. The standard InChI is InChI=1S/C16H18BrFN2O3/c1-8-11(20-7-10(18)14(21)19-15(20)22)6-9(16(2,3)4)13(23-5)12(8)17/h6-7H,1-5H3,(H,19,21,22). The Kier molecular flexibility index (Phi) is 4.52. The van der Waals surface area contributed by atoms with E-state index in [1.807, 2.05) is 25.8 Å². The number of nitrogens with zero attached hydrogens (tertiary/aromatic N) is 1. The van der Waals surface area contributed by atoms with E-state index < -0.39 is 17.1 Å². The Morgan fingerprint density at radius 2 is 1.91 bits per heavy atom. The largest absolute Gasteiger partial charge is 0.495 e. The van der Waals surface area contributed by atoms with Crippen molar-refractivity contribution in [3.05, 3.63) is 54.5 Å². The predicted molar refractivity (Wildman–Crippen MR) is 90.3 cm³/mol. The second kappa shape index (κ2) is 5.96. The molecular formula is C16H18BrFN2O3. The van der Waals surface area contributed by atoms with Crippen molar-refractivity contribution in [1.29, 1.82) is 0 Å². The van der Waals surface area contributed by atoms with Gasteiger partial charge in [-0.05, 0) is 39.9 Å². The molecule has 0 bridgehead atoms. The zero-order chi connectivity index (χ0) is 17.5. The van der Waals surface area contributed by atoms with E-state index in [1.54, 1.807) is 20.1 Å². The molecule has 0 aliphatic carbocycles. The molecule has 0 spiro atoms. The summed E-state index contributed by atoms with van der Waals surface area (Å²) in [5.41, 5.74) is 0.0294. The molecular weight excluding hydrogens is 367 g/mol. The van der Waals surface area contributed by atoms with Crippen LogP contribution in [0.25, 0.3) is 5.69 Å². The number of rotatable bonds is 2. The van der Waals surface area contributed by atoms with Crippen LogP contribution in [0.2, 0.25) is 0 Å². The van der Waals surface area contributed by atoms with Gasteiger partial charge in [-0.15, -0.1) is 0 Å². The third kappa shape index (κ3) is 3.10. The average molecular weight is 385 g/mol. The van der Waals surface area contributed by atoms with Crippen LogP contribution in [0, 0.1) is 12.7 Å². The lowest BCUT2D eigenvalue weighted by molar-refractivity contribution is 0.394. The minimum atomic E-state index is -1.03. The third-order valence-corrected chi connectivity index (χ3v) is 4.56. The number of nitrogens with one attached hydrogen (secondary N) is 1. The highest BCUT2D eigenvalue weighted by Gasteiger charge is 2.24. The van der Waals surface area contributed by atoms with Gasteiger partial charge >= 0.3 is 5.69 Å². The van der Waals surface area contributed by atoms with Crippen LogP contribution in [0.3, 0.4) is 0 Å². The first-order valence-corrected chi connectivity index (χ1v) is 7.76. The van der Waals surface area contributed by atoms with Crippen LogP contribution in [0.15, 0.2) is 26.3 Å². The molecule has 2 aromatic rings. The van der Waals surface area contributed by atoms with Crippen molar-refractivity contribution in [1.82, 2.24) is 9.55 Å². The van der Waals surface area contributed by atoms with Gasteiger partial charge in [-0.2, -0.15) is 4.39 Å². The summed E-state index contributed by atoms with van der Waals surface area (Å²) in [4.78, 5) is 25.3. The summed E-state index contributed by atoms with van der Waals surface area (Å²) in [5.74, 6) is -0.357. The summed E-state index contributed by atoms with van der Waals surface area (Å²) in [6.07, 6.45) is 0.898. The van der Waals surface area contributed by atoms with Gasteiger partial charge in [0.1, 0.15) is 5.75 Å². The Balaban J connectivity index is 2.89. The lowest BCUT2D eigenvalue weighted by Crippen LogP contribution is -2.31. The van der Waals surface area contributed by atoms with E-state index in [-0.39, 0.29) is 5.41 Å². The molecule has 7 heteroatoms. The number of hydrogen-bond acceptors (Lipinski definition) is 3. The topological polar surface area (TPSA) is 64.1 Å². The highest BCUT2D eigenvalue weighted by molar-refractivity contribution is 9.10. The van der Waals surface area contributed by atoms with E-state index in [0.29, 0.717) is 21.5 Å². The zero-order valence-corrected chi connectivity index (χ0v) is 15.2. The molecule has 0 unspecified atom stereocenters. The third-order valence-electron chi connectivity index (χ3n) is 3.61. The maximum absolute atomic E-state index is 13.6. The number of halogens is 2. The van der Waals surface area contributed by atoms with Crippen LogP contribution in [0.1, 0.15) is 31.9 Å². The fraction of sp³-hybridized carbons (Fsp3) is 0.375. The van der Waals surface area contributed by atoms with Crippen molar-refractivity contribution in [3.63, 3.8) is 0 Å². The first-order valence-electron chi connectivity index (χ1n) is 6.97. The molecule has 0 saturated carbocycles. The summed E-state index contributed by atoms with van der Waals surface area (Å²) in [5, 5.41) is 0. The minimum Gasteiger partial charge on any atom is -0.495 e. The molecule has 0 fully saturated rings. The Bertz CT molecular complexity index is 879. The zero-order valence-electron chi connectivity index (χ0n) is 13.6. The molecule has 0 aliphatic heterocycles. The quantitative estimate of drug-likeness (QED) is 0.865. The molecule has 5 nitrogen and oxygen atoms in total. The molecule has 1 heterocycles. The molecule has 0 atom stereocenters. The smallest absolute Gasteiger partial charge is 0.333 e. The van der Waals surface area contributed by atoms with Crippen LogP contribution < -0.4 is 16.0 Å². The van der Waals surface area contributed by atoms with Crippen LogP contribution in [-0.4, -0.2) is 16.7 Å². The van der Waals surface area contributed by atoms with Gasteiger partial charge in [-0.1, -0.05) is 20.8 Å². The molecule has 1 N–H and O–H groups in total. The minimum absolute atomic E-state index is 0.263. The van der Waals surface area contributed by atoms with Crippen LogP contribution in [0.4, 0.5) is 4.39 Å². The Hall–Kier alpha value is -1.89. The van der Waals surface area contributed by atoms with Crippen molar-refractivity contribution in [2.24, 2.45) is 0 Å². The summed E-state index contributed by atoms with van der Waals surface area (Å²) in [6.45, 7) is 7.80. The summed E-state index contributed by atoms with van der Waals surface area (Å²) in [6, 6.07) is 1.78. The fourth-order valence-electron chi connectivity index (χ4n) is 2.34. The second-order valence-electron chi connectivity index (χ2n) is 6.27. The molecule has 2 rings (SSSR count). The highest BCUT2D eigenvalue weighted by atomic mass is 79.9. The number of hydrogen-bond donors (Lipinski definition) is 1. The number of aromatic amines is 1. The van der Waals surface area contributed by atoms with Gasteiger partial charge < -0.3 is 4.74 Å². The Labute approximate surface area is 141 Å². The normalized spacial score (nSPS) is 11.6. The summed E-state index contributed by atoms with van der Waals surface area (Å²) in [7, 11) is 1.57. The molecule has 0 amide bonds. The van der Waals surface area contributed by atoms with E-state index in [1.165, 1.54) is 0 Å². The van der Waals surface area contributed by atoms with Crippen molar-refractivity contribution in [3.8, 4) is 11.4 Å². The molecule has 124 valence electrons. The summed E-state index contributed by atoms with van der Waals surface area (Å²) >= 11 is 3.48. The average Bonchev–Trinajstić information content (AvgIpc) is 2.44. The number of benzene rings is 1. The van der Waals surface area contributed by atoms with Crippen molar-refractivity contribution in [2.75, 3.05) is 7.11 Å². The van der Waals surface area contributed by atoms with Crippen molar-refractivity contribution in [2.45, 2.75) is 33.1 Å². The van der Waals surface area contributed by atoms with Crippen molar-refractivity contribution < 1.29 is 9.13 Å². The van der Waals surface area contributed by atoms with Crippen LogP contribution in [-0.2, 0) is 5.41 Å². The van der Waals surface area contributed by atoms with E-state index in [4.69, 9.17) is 4.74 Å². The Morgan fingerprint density at radius 3 is 2.43 bits per heavy atom. The van der Waals surface area contributed by atoms with Gasteiger partial charge in [-0.3, -0.25) is 14.3 Å². The molecule has 23 heavy (non-hydrogen) atoms. The first kappa shape index (κ1) is 17.5. The van der Waals surface area contributed by atoms with E-state index in [0.717, 1.165) is 16.3 Å². The maximum Gasteiger partial charge on any atom is 0.333 e. The highest BCUT2D eigenvalue weighted by Crippen LogP contribution is 2.41. The molecule has 0 aliphatic rings. The number of methoxy groups -OCH3 is 1. The van der Waals surface area contributed by atoms with E-state index in [9.17, 15) is 14.0 Å². The lowest BCUT2D eigenvalue weighted by Gasteiger charge is -2.25.